The van der Waals surface area contributed by atoms with Crippen LogP contribution in [0.25, 0.3) is 11.1 Å². The molecule has 45 heavy (non-hydrogen) atoms. The zero-order valence-corrected chi connectivity index (χ0v) is 24.7. The maximum atomic E-state index is 13.3. The van der Waals surface area contributed by atoms with Gasteiger partial charge in [-0.25, -0.2) is 4.98 Å². The third-order valence-corrected chi connectivity index (χ3v) is 7.14. The van der Waals surface area contributed by atoms with Gasteiger partial charge in [0.1, 0.15) is 19.0 Å². The Hall–Kier alpha value is -4.98. The second-order valence-electron chi connectivity index (χ2n) is 9.43. The van der Waals surface area contributed by atoms with Gasteiger partial charge in [-0.1, -0.05) is 84.9 Å². The first kappa shape index (κ1) is 32.9. The SMILES string of the molecule is CCOC(=O)CNC(=O)c1nc(CCc2ccc(-c3ccccc3)cc2)nc(OS(=O)(=O)C(F)(F)F)c1OCc1ccccc1. The van der Waals surface area contributed by atoms with Gasteiger partial charge in [0.25, 0.3) is 11.8 Å². The Morgan fingerprint density at radius 3 is 2.07 bits per heavy atom. The van der Waals surface area contributed by atoms with Crippen molar-refractivity contribution < 1.29 is 44.8 Å². The number of carbonyl (C=O) groups is 2. The summed E-state index contributed by atoms with van der Waals surface area (Å²) in [5.41, 5.74) is -3.13. The van der Waals surface area contributed by atoms with Gasteiger partial charge in [-0.3, -0.25) is 9.59 Å². The zero-order valence-electron chi connectivity index (χ0n) is 23.9. The van der Waals surface area contributed by atoms with Gasteiger partial charge < -0.3 is 19.0 Å². The van der Waals surface area contributed by atoms with Gasteiger partial charge in [0.05, 0.1) is 6.61 Å². The molecule has 4 rings (SSSR count). The van der Waals surface area contributed by atoms with Crippen LogP contribution < -0.4 is 14.2 Å². The number of alkyl halides is 3. The summed E-state index contributed by atoms with van der Waals surface area (Å²) in [7, 11) is -6.22. The molecule has 0 aliphatic carbocycles. The van der Waals surface area contributed by atoms with E-state index in [0.29, 0.717) is 5.56 Å². The largest absolute Gasteiger partial charge is 0.534 e. The number of benzene rings is 3. The molecule has 1 aromatic heterocycles. The number of carbonyl (C=O) groups excluding carboxylic acids is 2. The molecule has 0 aliphatic rings. The van der Waals surface area contributed by atoms with Crippen molar-refractivity contribution in [3.63, 3.8) is 0 Å². The summed E-state index contributed by atoms with van der Waals surface area (Å²) in [6.45, 7) is 0.691. The van der Waals surface area contributed by atoms with Gasteiger partial charge in [-0.05, 0) is 35.6 Å². The van der Waals surface area contributed by atoms with Crippen molar-refractivity contribution in [1.29, 1.82) is 0 Å². The minimum atomic E-state index is -6.22. The maximum absolute atomic E-state index is 13.3. The smallest absolute Gasteiger partial charge is 0.481 e. The molecule has 0 spiro atoms. The van der Waals surface area contributed by atoms with Crippen LogP contribution in [0.15, 0.2) is 84.9 Å². The molecule has 1 amide bonds. The molecule has 236 valence electrons. The Morgan fingerprint density at radius 2 is 1.44 bits per heavy atom. The van der Waals surface area contributed by atoms with Crippen molar-refractivity contribution in [3.05, 3.63) is 108 Å². The van der Waals surface area contributed by atoms with Crippen molar-refractivity contribution in [2.24, 2.45) is 0 Å². The Morgan fingerprint density at radius 1 is 0.822 bits per heavy atom. The molecule has 0 saturated carbocycles. The van der Waals surface area contributed by atoms with E-state index in [4.69, 9.17) is 9.47 Å². The summed E-state index contributed by atoms with van der Waals surface area (Å²) < 4.78 is 78.9. The highest BCUT2D eigenvalue weighted by Gasteiger charge is 2.49. The standard InChI is InChI=1S/C31H28F3N3O7S/c1-2-42-26(38)19-35-29(39)27-28(43-20-22-9-5-3-6-10-22)30(44-45(40,41)31(32,33)34)37-25(36-27)18-15-21-13-16-24(17-14-21)23-11-7-4-8-12-23/h3-14,16-17H,2,15,18-20H2,1H3,(H,35,39). The lowest BCUT2D eigenvalue weighted by atomic mass is 10.0. The third-order valence-electron chi connectivity index (χ3n) is 6.19. The summed E-state index contributed by atoms with van der Waals surface area (Å²) in [6.07, 6.45) is 0.249. The number of ether oxygens (including phenoxy) is 2. The van der Waals surface area contributed by atoms with Crippen LogP contribution >= 0.6 is 0 Å². The average Bonchev–Trinajstić information content (AvgIpc) is 3.02. The van der Waals surface area contributed by atoms with Crippen LogP contribution in [-0.4, -0.2) is 48.9 Å². The predicted molar refractivity (Wildman–Crippen MR) is 157 cm³/mol. The van der Waals surface area contributed by atoms with Crippen molar-refractivity contribution in [3.8, 4) is 22.8 Å². The predicted octanol–water partition coefficient (Wildman–Crippen LogP) is 5.03. The van der Waals surface area contributed by atoms with Crippen molar-refractivity contribution >= 4 is 22.0 Å². The maximum Gasteiger partial charge on any atom is 0.534 e. The molecule has 10 nitrogen and oxygen atoms in total. The number of nitrogens with zero attached hydrogens (tertiary/aromatic N) is 2. The monoisotopic (exact) mass is 643 g/mol. The van der Waals surface area contributed by atoms with Crippen molar-refractivity contribution in [2.45, 2.75) is 31.9 Å². The van der Waals surface area contributed by atoms with E-state index in [1.54, 1.807) is 37.3 Å². The first-order chi connectivity index (χ1) is 21.5. The number of hydrogen-bond acceptors (Lipinski definition) is 9. The number of hydrogen-bond donors (Lipinski definition) is 1. The minimum Gasteiger partial charge on any atom is -0.481 e. The number of aryl methyl sites for hydroxylation is 2. The van der Waals surface area contributed by atoms with E-state index in [2.05, 4.69) is 19.5 Å². The quantitative estimate of drug-likeness (QED) is 0.121. The molecule has 0 fully saturated rings. The molecule has 3 aromatic carbocycles. The van der Waals surface area contributed by atoms with E-state index in [1.807, 2.05) is 54.6 Å². The summed E-state index contributed by atoms with van der Waals surface area (Å²) in [6, 6.07) is 25.4. The van der Waals surface area contributed by atoms with E-state index < -0.39 is 51.4 Å². The fraction of sp³-hybridized carbons (Fsp3) is 0.226. The van der Waals surface area contributed by atoms with Gasteiger partial charge in [-0.2, -0.15) is 26.6 Å². The minimum absolute atomic E-state index is 0.0236. The Balaban J connectivity index is 1.69. The summed E-state index contributed by atoms with van der Waals surface area (Å²) >= 11 is 0. The first-order valence-corrected chi connectivity index (χ1v) is 15.0. The lowest BCUT2D eigenvalue weighted by Gasteiger charge is -2.17. The van der Waals surface area contributed by atoms with E-state index in [0.717, 1.165) is 16.7 Å². The molecule has 0 radical (unpaired) electrons. The van der Waals surface area contributed by atoms with E-state index in [9.17, 15) is 31.2 Å². The van der Waals surface area contributed by atoms with Crippen LogP contribution in [0.1, 0.15) is 34.4 Å². The van der Waals surface area contributed by atoms with E-state index >= 15 is 0 Å². The molecule has 0 atom stereocenters. The number of esters is 1. The molecule has 0 unspecified atom stereocenters. The highest BCUT2D eigenvalue weighted by Crippen LogP contribution is 2.34. The van der Waals surface area contributed by atoms with Crippen LogP contribution in [0, 0.1) is 0 Å². The van der Waals surface area contributed by atoms with Crippen LogP contribution in [0.2, 0.25) is 0 Å². The average molecular weight is 644 g/mol. The van der Waals surface area contributed by atoms with Gasteiger partial charge in [0, 0.05) is 6.42 Å². The number of aromatic nitrogens is 2. The van der Waals surface area contributed by atoms with Gasteiger partial charge >= 0.3 is 21.6 Å². The van der Waals surface area contributed by atoms with E-state index in [1.165, 1.54) is 0 Å². The van der Waals surface area contributed by atoms with Crippen LogP contribution in [-0.2, 0) is 39.1 Å². The fourth-order valence-corrected chi connectivity index (χ4v) is 4.42. The molecule has 1 N–H and O–H groups in total. The highest BCUT2D eigenvalue weighted by molar-refractivity contribution is 7.88. The molecule has 1 heterocycles. The Kier molecular flexibility index (Phi) is 10.7. The topological polar surface area (TPSA) is 134 Å². The molecular formula is C31H28F3N3O7S. The number of rotatable bonds is 13. The van der Waals surface area contributed by atoms with Crippen LogP contribution in [0.5, 0.6) is 11.6 Å². The summed E-state index contributed by atoms with van der Waals surface area (Å²) in [5, 5.41) is 2.25. The van der Waals surface area contributed by atoms with Gasteiger partial charge in [0.2, 0.25) is 5.75 Å². The molecule has 0 aliphatic heterocycles. The zero-order chi connectivity index (χ0) is 32.5. The second-order valence-corrected chi connectivity index (χ2v) is 11.0. The second kappa shape index (κ2) is 14.7. The Bertz CT molecular complexity index is 1720. The lowest BCUT2D eigenvalue weighted by Crippen LogP contribution is -2.32. The van der Waals surface area contributed by atoms with Crippen molar-refractivity contribution in [2.75, 3.05) is 13.2 Å². The fourth-order valence-electron chi connectivity index (χ4n) is 4.01. The van der Waals surface area contributed by atoms with E-state index in [-0.39, 0.29) is 31.9 Å². The number of halogens is 3. The van der Waals surface area contributed by atoms with Crippen LogP contribution in [0.4, 0.5) is 13.2 Å². The molecule has 14 heteroatoms. The molecular weight excluding hydrogens is 615 g/mol. The first-order valence-electron chi connectivity index (χ1n) is 13.6. The number of amides is 1. The number of nitrogens with one attached hydrogen (secondary N) is 1. The normalized spacial score (nSPS) is 11.5. The summed E-state index contributed by atoms with van der Waals surface area (Å²) in [5.74, 6) is -3.95. The van der Waals surface area contributed by atoms with Gasteiger partial charge in [-0.15, -0.1) is 0 Å². The Labute approximate surface area is 257 Å². The highest BCUT2D eigenvalue weighted by atomic mass is 32.2. The summed E-state index contributed by atoms with van der Waals surface area (Å²) in [4.78, 5) is 33.1. The molecule has 4 aromatic rings. The van der Waals surface area contributed by atoms with Crippen molar-refractivity contribution in [1.82, 2.24) is 15.3 Å². The lowest BCUT2D eigenvalue weighted by molar-refractivity contribution is -0.141. The third kappa shape index (κ3) is 9.01. The molecule has 0 saturated heterocycles. The molecule has 0 bridgehead atoms. The van der Waals surface area contributed by atoms with Gasteiger partial charge in [0.15, 0.2) is 5.69 Å². The van der Waals surface area contributed by atoms with Crippen LogP contribution in [0.3, 0.4) is 0 Å².